The van der Waals surface area contributed by atoms with E-state index < -0.39 is 23.4 Å². The zero-order chi connectivity index (χ0) is 31.4. The predicted molar refractivity (Wildman–Crippen MR) is 162 cm³/mol. The first-order valence-corrected chi connectivity index (χ1v) is 14.8. The van der Waals surface area contributed by atoms with E-state index in [-0.39, 0.29) is 23.4 Å². The molecule has 0 saturated carbocycles. The Bertz CT molecular complexity index is 1740. The lowest BCUT2D eigenvalue weighted by atomic mass is 10.0. The van der Waals surface area contributed by atoms with Gasteiger partial charge < -0.3 is 25.0 Å². The molecule has 9 nitrogen and oxygen atoms in total. The number of hydrogen-bond acceptors (Lipinski definition) is 7. The van der Waals surface area contributed by atoms with Gasteiger partial charge in [-0.3, -0.25) is 4.79 Å². The van der Waals surface area contributed by atoms with Gasteiger partial charge in [0.15, 0.2) is 11.4 Å². The monoisotopic (exact) mass is 618 g/mol. The normalized spacial score (nSPS) is 16.5. The average Bonchev–Trinajstić information content (AvgIpc) is 3.67. The Morgan fingerprint density at radius 1 is 1.07 bits per heavy atom. The van der Waals surface area contributed by atoms with Crippen molar-refractivity contribution in [1.29, 1.82) is 0 Å². The van der Waals surface area contributed by atoms with Crippen LogP contribution in [0, 0.1) is 18.8 Å². The Morgan fingerprint density at radius 3 is 2.64 bits per heavy atom. The summed E-state index contributed by atoms with van der Waals surface area (Å²) < 4.78 is 55.2. The van der Waals surface area contributed by atoms with Crippen LogP contribution in [0.1, 0.15) is 51.1 Å². The molecule has 2 aromatic carbocycles. The summed E-state index contributed by atoms with van der Waals surface area (Å²) >= 11 is 0. The molecule has 4 heterocycles. The molecule has 4 aromatic rings. The maximum absolute atomic E-state index is 14.0. The fourth-order valence-electron chi connectivity index (χ4n) is 5.58. The smallest absolute Gasteiger partial charge is 0.347 e. The summed E-state index contributed by atoms with van der Waals surface area (Å²) in [6.07, 6.45) is 0.243. The highest BCUT2D eigenvalue weighted by atomic mass is 19.4. The van der Waals surface area contributed by atoms with E-state index in [4.69, 9.17) is 9.47 Å². The molecule has 2 aliphatic rings. The summed E-state index contributed by atoms with van der Waals surface area (Å²) in [4.78, 5) is 19.6. The highest BCUT2D eigenvalue weighted by molar-refractivity contribution is 6.04. The second-order valence-electron chi connectivity index (χ2n) is 11.2. The minimum atomic E-state index is -4.58. The Hall–Kier alpha value is -4.28. The van der Waals surface area contributed by atoms with E-state index in [1.54, 1.807) is 41.2 Å². The number of rotatable bonds is 7. The lowest BCUT2D eigenvalue weighted by molar-refractivity contribution is -0.185. The van der Waals surface area contributed by atoms with Crippen LogP contribution in [0.2, 0.25) is 0 Å². The van der Waals surface area contributed by atoms with Gasteiger partial charge in [0.2, 0.25) is 0 Å². The van der Waals surface area contributed by atoms with Gasteiger partial charge in [-0.15, -0.1) is 0 Å². The van der Waals surface area contributed by atoms with E-state index >= 15 is 0 Å². The molecule has 2 aliphatic heterocycles. The van der Waals surface area contributed by atoms with Crippen LogP contribution < -0.4 is 10.6 Å². The van der Waals surface area contributed by atoms with Gasteiger partial charge in [-0.2, -0.15) is 18.3 Å². The molecule has 2 N–H and O–H groups in total. The van der Waals surface area contributed by atoms with Crippen molar-refractivity contribution in [2.24, 2.45) is 0 Å². The molecule has 2 aromatic heterocycles. The number of piperidine rings is 1. The number of fused-ring (bicyclic) bond motifs is 1. The number of carbonyl (C=O) groups excluding carboxylic acids is 1. The SMILES string of the molecule is Cc1ccc(C(=O)Nc2ccc(CNCCN3CCC4(CC3)OCCO4)c(C(F)(F)F)c2)cc1C#Cc1cnc2cccnn12. The van der Waals surface area contributed by atoms with Crippen LogP contribution in [0.4, 0.5) is 18.9 Å². The fourth-order valence-corrected chi connectivity index (χ4v) is 5.58. The van der Waals surface area contributed by atoms with Crippen molar-refractivity contribution >= 4 is 17.2 Å². The Labute approximate surface area is 258 Å². The zero-order valence-electron chi connectivity index (χ0n) is 24.8. The summed E-state index contributed by atoms with van der Waals surface area (Å²) in [5.41, 5.74) is 2.35. The number of alkyl halides is 3. The zero-order valence-corrected chi connectivity index (χ0v) is 24.8. The number of nitrogens with one attached hydrogen (secondary N) is 2. The standard InChI is InChI=1S/C33H33F3N6O3/c1-23-4-5-25(19-24(23)7-9-28-22-38-30-3-2-12-39-42(28)30)31(43)40-27-8-6-26(29(20-27)33(34,35)36)21-37-13-16-41-14-10-32(11-15-41)44-17-18-45-32/h2-6,8,12,19-20,22,37H,10-11,13-18,21H2,1H3,(H,40,43). The molecule has 2 saturated heterocycles. The summed E-state index contributed by atoms with van der Waals surface area (Å²) in [6.45, 7) is 6.05. The maximum Gasteiger partial charge on any atom is 0.416 e. The number of carbonyl (C=O) groups is 1. The van der Waals surface area contributed by atoms with E-state index in [1.165, 1.54) is 12.1 Å². The van der Waals surface area contributed by atoms with Gasteiger partial charge in [0, 0.05) is 68.6 Å². The summed E-state index contributed by atoms with van der Waals surface area (Å²) in [5, 5.41) is 9.99. The van der Waals surface area contributed by atoms with Crippen LogP contribution >= 0.6 is 0 Å². The van der Waals surface area contributed by atoms with Crippen LogP contribution in [-0.4, -0.2) is 70.6 Å². The lowest BCUT2D eigenvalue weighted by Gasteiger charge is -2.37. The number of aromatic nitrogens is 3. The number of halogens is 3. The molecule has 0 radical (unpaired) electrons. The molecule has 2 fully saturated rings. The first-order valence-electron chi connectivity index (χ1n) is 14.8. The van der Waals surface area contributed by atoms with Crippen molar-refractivity contribution in [3.8, 4) is 11.8 Å². The molecule has 12 heteroatoms. The van der Waals surface area contributed by atoms with Crippen LogP contribution in [0.25, 0.3) is 5.65 Å². The van der Waals surface area contributed by atoms with Crippen molar-refractivity contribution in [3.05, 3.63) is 94.4 Å². The second-order valence-corrected chi connectivity index (χ2v) is 11.2. The molecule has 1 spiro atoms. The molecule has 6 rings (SSSR count). The average molecular weight is 619 g/mol. The van der Waals surface area contributed by atoms with Crippen LogP contribution in [-0.2, 0) is 22.2 Å². The van der Waals surface area contributed by atoms with Crippen molar-refractivity contribution in [1.82, 2.24) is 24.8 Å². The first-order chi connectivity index (χ1) is 21.7. The summed E-state index contributed by atoms with van der Waals surface area (Å²) in [5.74, 6) is 5.10. The maximum atomic E-state index is 14.0. The van der Waals surface area contributed by atoms with E-state index in [0.717, 1.165) is 37.6 Å². The van der Waals surface area contributed by atoms with Crippen molar-refractivity contribution < 1.29 is 27.4 Å². The number of benzene rings is 2. The fraction of sp³-hybridized carbons (Fsp3) is 0.364. The predicted octanol–water partition coefficient (Wildman–Crippen LogP) is 4.64. The number of amides is 1. The number of likely N-dealkylation sites (tertiary alicyclic amines) is 1. The molecule has 0 unspecified atom stereocenters. The van der Waals surface area contributed by atoms with E-state index in [1.807, 2.05) is 13.0 Å². The number of anilines is 1. The first kappa shape index (κ1) is 30.7. The van der Waals surface area contributed by atoms with Crippen LogP contribution in [0.5, 0.6) is 0 Å². The minimum absolute atomic E-state index is 0.0507. The Kier molecular flexibility index (Phi) is 8.87. The highest BCUT2D eigenvalue weighted by Gasteiger charge is 2.39. The number of nitrogens with zero attached hydrogens (tertiary/aromatic N) is 4. The number of aryl methyl sites for hydroxylation is 1. The third-order valence-electron chi connectivity index (χ3n) is 8.13. The molecule has 45 heavy (non-hydrogen) atoms. The third kappa shape index (κ3) is 7.18. The summed E-state index contributed by atoms with van der Waals surface area (Å²) in [6, 6.07) is 12.4. The number of imidazole rings is 1. The Balaban J connectivity index is 1.08. The van der Waals surface area contributed by atoms with Gasteiger partial charge in [-0.1, -0.05) is 18.1 Å². The molecule has 0 aliphatic carbocycles. The van der Waals surface area contributed by atoms with Gasteiger partial charge in [0.25, 0.3) is 5.91 Å². The third-order valence-corrected chi connectivity index (χ3v) is 8.13. The van der Waals surface area contributed by atoms with Gasteiger partial charge in [0.05, 0.1) is 25.0 Å². The molecule has 234 valence electrons. The molecule has 0 bridgehead atoms. The van der Waals surface area contributed by atoms with Gasteiger partial charge in [0.1, 0.15) is 5.69 Å². The van der Waals surface area contributed by atoms with Crippen molar-refractivity contribution in [2.75, 3.05) is 44.7 Å². The van der Waals surface area contributed by atoms with Crippen molar-refractivity contribution in [3.63, 3.8) is 0 Å². The molecular formula is C33H33F3N6O3. The van der Waals surface area contributed by atoms with Gasteiger partial charge >= 0.3 is 6.18 Å². The van der Waals surface area contributed by atoms with Gasteiger partial charge in [-0.25, -0.2) is 9.50 Å². The Morgan fingerprint density at radius 2 is 1.87 bits per heavy atom. The topological polar surface area (TPSA) is 93.0 Å². The molecule has 0 atom stereocenters. The molecular weight excluding hydrogens is 585 g/mol. The van der Waals surface area contributed by atoms with Crippen LogP contribution in [0.3, 0.4) is 0 Å². The summed E-state index contributed by atoms with van der Waals surface area (Å²) in [7, 11) is 0. The van der Waals surface area contributed by atoms with E-state index in [2.05, 4.69) is 37.5 Å². The highest BCUT2D eigenvalue weighted by Crippen LogP contribution is 2.34. The van der Waals surface area contributed by atoms with E-state index in [9.17, 15) is 18.0 Å². The molecule has 1 amide bonds. The number of ether oxygens (including phenoxy) is 2. The van der Waals surface area contributed by atoms with E-state index in [0.29, 0.717) is 43.2 Å². The van der Waals surface area contributed by atoms with Gasteiger partial charge in [-0.05, 0) is 60.4 Å². The largest absolute Gasteiger partial charge is 0.416 e. The van der Waals surface area contributed by atoms with Crippen LogP contribution in [0.15, 0.2) is 60.9 Å². The van der Waals surface area contributed by atoms with Crippen molar-refractivity contribution in [2.45, 2.75) is 38.3 Å². The lowest BCUT2D eigenvalue weighted by Crippen LogP contribution is -2.46. The quantitative estimate of drug-likeness (QED) is 0.230. The minimum Gasteiger partial charge on any atom is -0.347 e. The number of hydrogen-bond donors (Lipinski definition) is 2. The second kappa shape index (κ2) is 13.0.